The van der Waals surface area contributed by atoms with E-state index in [9.17, 15) is 13.2 Å². The molecule has 0 saturated carbocycles. The number of benzene rings is 1. The molecule has 0 aliphatic carbocycles. The number of carbonyl (C=O) groups is 1. The molecule has 1 saturated heterocycles. The summed E-state index contributed by atoms with van der Waals surface area (Å²) in [5, 5.41) is 6.99. The first-order valence-electron chi connectivity index (χ1n) is 8.95. The highest BCUT2D eigenvalue weighted by Gasteiger charge is 2.39. The van der Waals surface area contributed by atoms with E-state index in [2.05, 4.69) is 26.3 Å². The lowest BCUT2D eigenvalue weighted by atomic mass is 10.1. The van der Waals surface area contributed by atoms with Gasteiger partial charge in [-0.3, -0.25) is 9.48 Å². The Morgan fingerprint density at radius 1 is 1.32 bits per heavy atom. The van der Waals surface area contributed by atoms with Crippen LogP contribution in [-0.4, -0.2) is 41.0 Å². The Morgan fingerprint density at radius 3 is 2.61 bits per heavy atom. The molecule has 1 aromatic carbocycles. The smallest absolute Gasteiger partial charge is 0.249 e. The molecule has 1 unspecified atom stereocenters. The molecule has 10 heteroatoms. The van der Waals surface area contributed by atoms with Crippen molar-refractivity contribution < 1.29 is 13.2 Å². The summed E-state index contributed by atoms with van der Waals surface area (Å²) in [6, 6.07) is 6.55. The van der Waals surface area contributed by atoms with Crippen LogP contribution in [0.5, 0.6) is 0 Å². The molecule has 28 heavy (non-hydrogen) atoms. The van der Waals surface area contributed by atoms with Gasteiger partial charge in [0.15, 0.2) is 0 Å². The maximum absolute atomic E-state index is 13.6. The molecule has 152 valence electrons. The molecule has 2 aromatic rings. The highest BCUT2D eigenvalue weighted by molar-refractivity contribution is 9.10. The Bertz CT molecular complexity index is 975. The van der Waals surface area contributed by atoms with Crippen LogP contribution in [-0.2, 0) is 28.4 Å². The number of nitrogens with zero attached hydrogens (tertiary/aromatic N) is 3. The summed E-state index contributed by atoms with van der Waals surface area (Å²) >= 11 is 9.64. The largest absolute Gasteiger partial charge is 0.355 e. The van der Waals surface area contributed by atoms with Crippen LogP contribution in [0.4, 0.5) is 0 Å². The molecule has 1 aliphatic heterocycles. The van der Waals surface area contributed by atoms with Gasteiger partial charge in [-0.2, -0.15) is 9.40 Å². The number of carbonyl (C=O) groups excluding carboxylic acids is 1. The number of nitrogens with one attached hydrogen (secondary N) is 1. The zero-order valence-electron chi connectivity index (χ0n) is 15.7. The average Bonchev–Trinajstić information content (AvgIpc) is 2.78. The van der Waals surface area contributed by atoms with Crippen molar-refractivity contribution in [3.8, 4) is 0 Å². The van der Waals surface area contributed by atoms with E-state index in [-0.39, 0.29) is 22.5 Å². The number of hydrogen-bond acceptors (Lipinski definition) is 4. The van der Waals surface area contributed by atoms with E-state index >= 15 is 0 Å². The van der Waals surface area contributed by atoms with Gasteiger partial charge in [-0.1, -0.05) is 39.7 Å². The van der Waals surface area contributed by atoms with Crippen molar-refractivity contribution >= 4 is 43.5 Å². The van der Waals surface area contributed by atoms with Gasteiger partial charge in [0, 0.05) is 24.6 Å². The molecule has 1 amide bonds. The Kier molecular flexibility index (Phi) is 6.48. The summed E-state index contributed by atoms with van der Waals surface area (Å²) in [5.74, 6) is -0.282. The first kappa shape index (κ1) is 21.3. The van der Waals surface area contributed by atoms with Crippen LogP contribution in [0, 0.1) is 6.92 Å². The van der Waals surface area contributed by atoms with Gasteiger partial charge >= 0.3 is 0 Å². The second-order valence-corrected chi connectivity index (χ2v) is 9.91. The molecule has 1 aliphatic rings. The van der Waals surface area contributed by atoms with Gasteiger partial charge in [0.1, 0.15) is 16.1 Å². The summed E-state index contributed by atoms with van der Waals surface area (Å²) in [5.41, 5.74) is 1.09. The Morgan fingerprint density at radius 2 is 2.00 bits per heavy atom. The maximum Gasteiger partial charge on any atom is 0.249 e. The third-order valence-electron chi connectivity index (χ3n) is 4.77. The minimum absolute atomic E-state index is 0.0346. The van der Waals surface area contributed by atoms with Gasteiger partial charge in [0.2, 0.25) is 15.9 Å². The van der Waals surface area contributed by atoms with Gasteiger partial charge < -0.3 is 5.32 Å². The number of hydrogen-bond donors (Lipinski definition) is 1. The normalized spacial score (nSPS) is 18.2. The topological polar surface area (TPSA) is 84.3 Å². The molecule has 1 aromatic heterocycles. The van der Waals surface area contributed by atoms with Crippen LogP contribution in [0.25, 0.3) is 0 Å². The van der Waals surface area contributed by atoms with Crippen LogP contribution in [0.1, 0.15) is 30.5 Å². The van der Waals surface area contributed by atoms with Gasteiger partial charge in [-0.25, -0.2) is 8.42 Å². The third-order valence-corrected chi connectivity index (χ3v) is 7.85. The molecule has 2 heterocycles. The van der Waals surface area contributed by atoms with Crippen molar-refractivity contribution in [3.05, 3.63) is 45.1 Å². The van der Waals surface area contributed by atoms with Gasteiger partial charge in [-0.05, 0) is 43.9 Å². The first-order chi connectivity index (χ1) is 13.2. The lowest BCUT2D eigenvalue weighted by Crippen LogP contribution is -2.48. The highest BCUT2D eigenvalue weighted by atomic mass is 79.9. The van der Waals surface area contributed by atoms with Crippen LogP contribution in [0.3, 0.4) is 0 Å². The van der Waals surface area contributed by atoms with Crippen molar-refractivity contribution in [2.75, 3.05) is 6.54 Å². The van der Waals surface area contributed by atoms with Crippen molar-refractivity contribution in [2.24, 2.45) is 7.05 Å². The molecule has 1 atom stereocenters. The van der Waals surface area contributed by atoms with Gasteiger partial charge in [0.25, 0.3) is 0 Å². The van der Waals surface area contributed by atoms with Crippen LogP contribution < -0.4 is 5.32 Å². The third kappa shape index (κ3) is 4.27. The van der Waals surface area contributed by atoms with E-state index in [0.717, 1.165) is 22.9 Å². The fraction of sp³-hybridized carbons (Fsp3) is 0.444. The number of halogens is 2. The van der Waals surface area contributed by atoms with E-state index in [4.69, 9.17) is 11.6 Å². The Hall–Kier alpha value is -1.42. The molecule has 1 fully saturated rings. The highest BCUT2D eigenvalue weighted by Crippen LogP contribution is 2.31. The minimum Gasteiger partial charge on any atom is -0.355 e. The summed E-state index contributed by atoms with van der Waals surface area (Å²) in [6.45, 7) is 2.22. The first-order valence-corrected chi connectivity index (χ1v) is 11.6. The van der Waals surface area contributed by atoms with E-state index < -0.39 is 16.1 Å². The number of sulfonamides is 1. The number of aryl methyl sites for hydroxylation is 2. The summed E-state index contributed by atoms with van der Waals surface area (Å²) in [4.78, 5) is 12.6. The van der Waals surface area contributed by atoms with Crippen molar-refractivity contribution in [3.63, 3.8) is 0 Å². The molecule has 3 rings (SSSR count). The lowest BCUT2D eigenvalue weighted by Gasteiger charge is -2.29. The molecule has 0 radical (unpaired) electrons. The second-order valence-electron chi connectivity index (χ2n) is 6.81. The summed E-state index contributed by atoms with van der Waals surface area (Å²) in [6.07, 6.45) is 2.04. The van der Waals surface area contributed by atoms with E-state index in [1.807, 2.05) is 24.3 Å². The number of amides is 1. The Labute approximate surface area is 178 Å². The standard InChI is InChI=1S/C18H22BrClN4O3S/c1-12-16(17(20)23(2)22-12)28(26,27)24(11-13-6-8-14(19)9-7-13)15-5-3-4-10-21-18(15)25/h6-9,15H,3-5,10-11H2,1-2H3,(H,21,25). The molecule has 1 N–H and O–H groups in total. The van der Waals surface area contributed by atoms with Gasteiger partial charge in [0.05, 0.1) is 5.69 Å². The average molecular weight is 490 g/mol. The predicted octanol–water partition coefficient (Wildman–Crippen LogP) is 3.00. The molecule has 7 nitrogen and oxygen atoms in total. The number of aromatic nitrogens is 2. The SMILES string of the molecule is Cc1nn(C)c(Cl)c1S(=O)(=O)N(Cc1ccc(Br)cc1)C1CCCCNC1=O. The molecule has 0 bridgehead atoms. The predicted molar refractivity (Wildman–Crippen MR) is 110 cm³/mol. The monoisotopic (exact) mass is 488 g/mol. The Balaban J connectivity index is 2.08. The van der Waals surface area contributed by atoms with Crippen LogP contribution >= 0.6 is 27.5 Å². The maximum atomic E-state index is 13.6. The summed E-state index contributed by atoms with van der Waals surface area (Å²) < 4.78 is 30.7. The lowest BCUT2D eigenvalue weighted by molar-refractivity contribution is -0.124. The van der Waals surface area contributed by atoms with E-state index in [1.165, 1.54) is 8.99 Å². The minimum atomic E-state index is -4.05. The van der Waals surface area contributed by atoms with Crippen molar-refractivity contribution in [1.82, 2.24) is 19.4 Å². The zero-order valence-corrected chi connectivity index (χ0v) is 18.8. The fourth-order valence-corrected chi connectivity index (χ4v) is 5.93. The molecular formula is C18H22BrClN4O3S. The quantitative estimate of drug-likeness (QED) is 0.700. The second kappa shape index (κ2) is 8.52. The van der Waals surface area contributed by atoms with Crippen molar-refractivity contribution in [1.29, 1.82) is 0 Å². The zero-order chi connectivity index (χ0) is 20.5. The number of rotatable bonds is 5. The van der Waals surface area contributed by atoms with E-state index in [1.54, 1.807) is 14.0 Å². The van der Waals surface area contributed by atoms with E-state index in [0.29, 0.717) is 18.7 Å². The molecule has 0 spiro atoms. The van der Waals surface area contributed by atoms with Crippen LogP contribution in [0.15, 0.2) is 33.6 Å². The van der Waals surface area contributed by atoms with Crippen LogP contribution in [0.2, 0.25) is 5.15 Å². The summed E-state index contributed by atoms with van der Waals surface area (Å²) in [7, 11) is -2.46. The molecular weight excluding hydrogens is 468 g/mol. The van der Waals surface area contributed by atoms with Crippen molar-refractivity contribution in [2.45, 2.75) is 43.7 Å². The van der Waals surface area contributed by atoms with Gasteiger partial charge in [-0.15, -0.1) is 0 Å². The fourth-order valence-electron chi connectivity index (χ4n) is 3.35.